The van der Waals surface area contributed by atoms with E-state index in [4.69, 9.17) is 8.97 Å². The van der Waals surface area contributed by atoms with Crippen LogP contribution in [-0.4, -0.2) is 117 Å². The van der Waals surface area contributed by atoms with Gasteiger partial charge in [-0.1, -0.05) is 12.1 Å². The minimum Gasteiger partial charge on any atom is -0.478 e. The Morgan fingerprint density at radius 3 is 1.73 bits per heavy atom. The second-order valence-electron chi connectivity index (χ2n) is 14.2. The molecule has 23 heteroatoms. The summed E-state index contributed by atoms with van der Waals surface area (Å²) in [5, 5.41) is 24.2. The lowest BCUT2D eigenvalue weighted by atomic mass is 9.88. The Morgan fingerprint density at radius 1 is 0.617 bits per heavy atom. The summed E-state index contributed by atoms with van der Waals surface area (Å²) in [5.74, 6) is -4.49. The van der Waals surface area contributed by atoms with Crippen LogP contribution in [0.25, 0.3) is 33.4 Å². The molecule has 0 saturated heterocycles. The van der Waals surface area contributed by atoms with Crippen molar-refractivity contribution in [2.45, 2.75) is 57.4 Å². The first-order valence-electron chi connectivity index (χ1n) is 18.6. The van der Waals surface area contributed by atoms with Gasteiger partial charge >= 0.3 is 11.9 Å². The monoisotopic (exact) mass is 919 g/mol. The van der Waals surface area contributed by atoms with E-state index in [0.717, 1.165) is 6.07 Å². The third-order valence-electron chi connectivity index (χ3n) is 9.54. The molecule has 19 nitrogen and oxygen atoms in total. The zero-order valence-corrected chi connectivity index (χ0v) is 35.4. The van der Waals surface area contributed by atoms with Gasteiger partial charge in [0.1, 0.15) is 24.4 Å². The number of nitrogens with zero attached hydrogens (tertiary/aromatic N) is 1. The van der Waals surface area contributed by atoms with Crippen LogP contribution >= 0.6 is 0 Å². The molecule has 2 aliphatic rings. The maximum atomic E-state index is 12.6. The van der Waals surface area contributed by atoms with Crippen molar-refractivity contribution in [2.24, 2.45) is 0 Å². The number of carbonyl (C=O) groups is 2. The quantitative estimate of drug-likeness (QED) is 0.0228. The highest BCUT2D eigenvalue weighted by Gasteiger charge is 2.25. The average Bonchev–Trinajstić information content (AvgIpc) is 3.13. The van der Waals surface area contributed by atoms with Crippen molar-refractivity contribution in [3.8, 4) is 22.5 Å². The van der Waals surface area contributed by atoms with Crippen LogP contribution in [0.1, 0.15) is 83.7 Å². The van der Waals surface area contributed by atoms with Gasteiger partial charge in [-0.15, -0.1) is 0 Å². The van der Waals surface area contributed by atoms with Crippen LogP contribution < -0.4 is 15.2 Å². The zero-order chi connectivity index (χ0) is 44.5. The normalized spacial score (nSPS) is 13.1. The largest absolute Gasteiger partial charge is 0.478 e. The molecule has 1 atom stereocenters. The van der Waals surface area contributed by atoms with Crippen LogP contribution in [0.15, 0.2) is 59.0 Å². The number of carboxylic acids is 2. The second kappa shape index (κ2) is 20.5. The summed E-state index contributed by atoms with van der Waals surface area (Å²) < 4.78 is 136. The topological polar surface area (TPSA) is 320 Å². The molecule has 0 spiro atoms. The number of benzene rings is 3. The third kappa shape index (κ3) is 15.3. The van der Waals surface area contributed by atoms with E-state index in [1.807, 2.05) is 4.58 Å². The van der Waals surface area contributed by atoms with Gasteiger partial charge in [0.05, 0.1) is 40.2 Å². The number of hydrogen-bond donors (Lipinski definition) is 7. The molecule has 2 aromatic rings. The summed E-state index contributed by atoms with van der Waals surface area (Å²) >= 11 is 0. The molecule has 2 aromatic carbocycles. The lowest BCUT2D eigenvalue weighted by Crippen LogP contribution is -2.32. The Hall–Kier alpha value is -4.33. The summed E-state index contributed by atoms with van der Waals surface area (Å²) in [7, 11) is -17.0. The van der Waals surface area contributed by atoms with Crippen LogP contribution in [0, 0.1) is 0 Å². The molecule has 1 aliphatic carbocycles. The predicted molar refractivity (Wildman–Crippen MR) is 221 cm³/mol. The molecule has 60 heavy (non-hydrogen) atoms. The van der Waals surface area contributed by atoms with Gasteiger partial charge in [0.15, 0.2) is 0 Å². The summed E-state index contributed by atoms with van der Waals surface area (Å²) in [6.07, 6.45) is 1.36. The van der Waals surface area contributed by atoms with E-state index in [1.54, 1.807) is 36.4 Å². The maximum absolute atomic E-state index is 12.6. The molecule has 1 aliphatic heterocycles. The van der Waals surface area contributed by atoms with Gasteiger partial charge < -0.3 is 19.9 Å². The molecule has 0 radical (unpaired) electrons. The first kappa shape index (κ1) is 48.3. The van der Waals surface area contributed by atoms with Crippen molar-refractivity contribution in [1.82, 2.24) is 9.89 Å². The van der Waals surface area contributed by atoms with E-state index in [1.165, 1.54) is 12.1 Å². The minimum absolute atomic E-state index is 0.0112. The van der Waals surface area contributed by atoms with Gasteiger partial charge in [-0.05, 0) is 86.5 Å². The Morgan fingerprint density at radius 2 is 1.18 bits per heavy atom. The molecule has 0 amide bonds. The number of nitrogens with one attached hydrogen (secondary N) is 1. The van der Waals surface area contributed by atoms with Gasteiger partial charge in [0.2, 0.25) is 5.36 Å². The lowest BCUT2D eigenvalue weighted by molar-refractivity contribution is 0.0682. The molecule has 4 rings (SSSR count). The van der Waals surface area contributed by atoms with E-state index >= 15 is 0 Å². The number of aromatic carboxylic acids is 2. The second-order valence-corrected chi connectivity index (χ2v) is 20.5. The highest BCUT2D eigenvalue weighted by Crippen LogP contribution is 2.42. The van der Waals surface area contributed by atoms with Gasteiger partial charge in [-0.3, -0.25) is 18.2 Å². The summed E-state index contributed by atoms with van der Waals surface area (Å²) in [4.78, 5) is 24.7. The summed E-state index contributed by atoms with van der Waals surface area (Å²) in [6, 6.07) is 12.8. The van der Waals surface area contributed by atoms with Crippen LogP contribution in [0.4, 0.5) is 0 Å². The van der Waals surface area contributed by atoms with Crippen LogP contribution in [-0.2, 0) is 40.5 Å². The minimum atomic E-state index is -4.31. The van der Waals surface area contributed by atoms with Crippen molar-refractivity contribution in [3.63, 3.8) is 0 Å². The number of unbranched alkanes of at least 4 members (excludes halogenated alkanes) is 3. The van der Waals surface area contributed by atoms with Gasteiger partial charge in [0.25, 0.3) is 40.5 Å². The molecular formula is C37H47N2O17S4+. The number of carboxylic acid groups (broad SMARTS) is 2. The molecule has 330 valence electrons. The van der Waals surface area contributed by atoms with Crippen molar-refractivity contribution >= 4 is 63.4 Å². The molecule has 0 saturated carbocycles. The Balaban J connectivity index is 1.95. The fraction of sp³-hybridized carbons (Fsp3) is 0.432. The number of rotatable bonds is 24. The molecular weight excluding hydrogens is 873 g/mol. The standard InChI is InChI=1S/C37H46N2O17S4/c40-36(41)26-10-12-28(37(42)43)31(22-26)35-29-13-9-25(32(8-7-21-60(53,54)55)38-15-1-4-18-57(44,45)46)23-33(29)56-34-24-27(11-14-30(34)35)39(16-2-5-19-58(47,48)49)17-3-6-20-59(50,51)52/h9-14,22-24,32,38H,1-8,15-21H2,(H5-,40,41,42,43,44,45,46,47,48,49,50,51,52,53,54,55)/p+1. The molecule has 0 fully saturated rings. The van der Waals surface area contributed by atoms with E-state index in [-0.39, 0.29) is 92.6 Å². The summed E-state index contributed by atoms with van der Waals surface area (Å²) in [5.41, 5.74) is 1.00. The fourth-order valence-electron chi connectivity index (χ4n) is 6.76. The Bertz CT molecular complexity index is 2650. The van der Waals surface area contributed by atoms with Gasteiger partial charge in [-0.2, -0.15) is 33.7 Å². The Kier molecular flexibility index (Phi) is 16.5. The highest BCUT2D eigenvalue weighted by atomic mass is 32.2. The van der Waals surface area contributed by atoms with Crippen molar-refractivity contribution in [1.29, 1.82) is 0 Å². The lowest BCUT2D eigenvalue weighted by Gasteiger charge is -2.21. The smallest absolute Gasteiger partial charge is 0.336 e. The number of hydrogen-bond acceptors (Lipinski definition) is 12. The molecule has 0 aromatic heterocycles. The van der Waals surface area contributed by atoms with E-state index in [0.29, 0.717) is 33.9 Å². The predicted octanol–water partition coefficient (Wildman–Crippen LogP) is 3.68. The first-order valence-corrected chi connectivity index (χ1v) is 25.1. The molecule has 1 heterocycles. The average molecular weight is 920 g/mol. The van der Waals surface area contributed by atoms with E-state index in [9.17, 15) is 67.1 Å². The fourth-order valence-corrected chi connectivity index (χ4v) is 8.99. The van der Waals surface area contributed by atoms with E-state index in [2.05, 4.69) is 5.32 Å². The highest BCUT2D eigenvalue weighted by molar-refractivity contribution is 7.86. The SMILES string of the molecule is O=C(O)c1ccc(C(=O)O)c(-c2c3ccc(=[N+](CCCCS(=O)(=O)O)CCCCS(=O)(=O)O)cc-3oc3cc(C(CCCS(=O)(=O)O)NCCCCS(=O)(=O)O)ccc23)c1. The first-order chi connectivity index (χ1) is 27.9. The Labute approximate surface area is 347 Å². The van der Waals surface area contributed by atoms with E-state index < -0.39 is 81.5 Å². The van der Waals surface area contributed by atoms with Crippen molar-refractivity contribution in [2.75, 3.05) is 42.6 Å². The molecule has 7 N–H and O–H groups in total. The molecule has 1 unspecified atom stereocenters. The molecule has 0 bridgehead atoms. The van der Waals surface area contributed by atoms with Crippen LogP contribution in [0.3, 0.4) is 0 Å². The maximum Gasteiger partial charge on any atom is 0.336 e. The van der Waals surface area contributed by atoms with Crippen LogP contribution in [0.5, 0.6) is 0 Å². The van der Waals surface area contributed by atoms with Gasteiger partial charge in [0, 0.05) is 41.5 Å². The van der Waals surface area contributed by atoms with Crippen molar-refractivity contribution < 1.29 is 76.1 Å². The van der Waals surface area contributed by atoms with Gasteiger partial charge in [-0.25, -0.2) is 14.2 Å². The third-order valence-corrected chi connectivity index (χ3v) is 12.8. The van der Waals surface area contributed by atoms with Crippen molar-refractivity contribution in [3.05, 3.63) is 76.6 Å². The van der Waals surface area contributed by atoms with Crippen LogP contribution in [0.2, 0.25) is 0 Å². The zero-order valence-electron chi connectivity index (χ0n) is 32.1. The number of fused-ring (bicyclic) bond motifs is 2. The summed E-state index contributed by atoms with van der Waals surface area (Å²) in [6.45, 7) is 0.715.